The molecule has 0 atom stereocenters. The lowest BCUT2D eigenvalue weighted by atomic mass is 10.2. The molecule has 0 aliphatic rings. The van der Waals surface area contributed by atoms with Gasteiger partial charge in [-0.25, -0.2) is 0 Å². The van der Waals surface area contributed by atoms with Crippen molar-refractivity contribution in [1.82, 2.24) is 10.3 Å². The molecular weight excluding hydrogens is 168 g/mol. The molecule has 0 fully saturated rings. The Hall–Kier alpha value is -1.42. The number of hydrogen-bond donors (Lipinski definition) is 2. The van der Waals surface area contributed by atoms with E-state index in [4.69, 9.17) is 5.11 Å². The highest BCUT2D eigenvalue weighted by atomic mass is 16.3. The molecule has 0 aliphatic carbocycles. The number of carbonyl (C=O) groups is 1. The predicted molar refractivity (Wildman–Crippen MR) is 48.3 cm³/mol. The molecule has 2 N–H and O–H groups in total. The molecule has 1 aromatic rings. The van der Waals surface area contributed by atoms with Crippen LogP contribution in [-0.4, -0.2) is 29.1 Å². The van der Waals surface area contributed by atoms with Crippen molar-refractivity contribution in [3.63, 3.8) is 0 Å². The zero-order valence-electron chi connectivity index (χ0n) is 7.23. The van der Waals surface area contributed by atoms with Gasteiger partial charge in [-0.15, -0.1) is 0 Å². The summed E-state index contributed by atoms with van der Waals surface area (Å²) in [5.74, 6) is -0.129. The molecule has 1 amide bonds. The van der Waals surface area contributed by atoms with Gasteiger partial charge in [0.25, 0.3) is 5.91 Å². The van der Waals surface area contributed by atoms with Gasteiger partial charge < -0.3 is 10.4 Å². The number of aliphatic hydroxyl groups excluding tert-OH is 1. The average molecular weight is 180 g/mol. The highest BCUT2D eigenvalue weighted by Crippen LogP contribution is 1.94. The Balaban J connectivity index is 2.40. The van der Waals surface area contributed by atoms with Crippen LogP contribution in [0.25, 0.3) is 0 Å². The largest absolute Gasteiger partial charge is 0.396 e. The highest BCUT2D eigenvalue weighted by molar-refractivity contribution is 5.93. The van der Waals surface area contributed by atoms with Crippen molar-refractivity contribution >= 4 is 5.91 Å². The van der Waals surface area contributed by atoms with Gasteiger partial charge in [0.1, 0.15) is 0 Å². The summed E-state index contributed by atoms with van der Waals surface area (Å²) in [7, 11) is 0. The molecule has 1 rings (SSSR count). The van der Waals surface area contributed by atoms with Crippen LogP contribution in [0.2, 0.25) is 0 Å². The third kappa shape index (κ3) is 3.21. The third-order valence-corrected chi connectivity index (χ3v) is 1.56. The molecule has 4 nitrogen and oxygen atoms in total. The molecule has 1 heterocycles. The van der Waals surface area contributed by atoms with Crippen LogP contribution in [-0.2, 0) is 0 Å². The van der Waals surface area contributed by atoms with E-state index in [9.17, 15) is 4.79 Å². The normalized spacial score (nSPS) is 9.62. The third-order valence-electron chi connectivity index (χ3n) is 1.56. The van der Waals surface area contributed by atoms with Crippen LogP contribution in [0.1, 0.15) is 16.8 Å². The Morgan fingerprint density at radius 1 is 1.46 bits per heavy atom. The van der Waals surface area contributed by atoms with E-state index >= 15 is 0 Å². The summed E-state index contributed by atoms with van der Waals surface area (Å²) >= 11 is 0. The maximum absolute atomic E-state index is 11.3. The minimum Gasteiger partial charge on any atom is -0.396 e. The maximum atomic E-state index is 11.3. The number of carbonyl (C=O) groups excluding carboxylic acids is 1. The number of amides is 1. The molecule has 4 heteroatoms. The SMILES string of the molecule is O=C(NCCCO)c1ccncc1. The van der Waals surface area contributed by atoms with Gasteiger partial charge >= 0.3 is 0 Å². The number of rotatable bonds is 4. The monoisotopic (exact) mass is 180 g/mol. The fraction of sp³-hybridized carbons (Fsp3) is 0.333. The van der Waals surface area contributed by atoms with Crippen molar-refractivity contribution in [2.45, 2.75) is 6.42 Å². The van der Waals surface area contributed by atoms with Gasteiger partial charge in [-0.05, 0) is 18.6 Å². The van der Waals surface area contributed by atoms with Crippen molar-refractivity contribution in [2.24, 2.45) is 0 Å². The predicted octanol–water partition coefficient (Wildman–Crippen LogP) is 0.194. The zero-order valence-corrected chi connectivity index (χ0v) is 7.23. The fourth-order valence-electron chi connectivity index (χ4n) is 0.886. The minimum atomic E-state index is -0.129. The Bertz CT molecular complexity index is 262. The van der Waals surface area contributed by atoms with E-state index in [1.54, 1.807) is 24.5 Å². The first-order chi connectivity index (χ1) is 6.34. The Morgan fingerprint density at radius 3 is 2.77 bits per heavy atom. The van der Waals surface area contributed by atoms with Crippen molar-refractivity contribution in [2.75, 3.05) is 13.2 Å². The topological polar surface area (TPSA) is 62.2 Å². The Kier molecular flexibility index (Phi) is 3.92. The van der Waals surface area contributed by atoms with Crippen molar-refractivity contribution in [3.8, 4) is 0 Å². The standard InChI is InChI=1S/C9H12N2O2/c12-7-1-4-11-9(13)8-2-5-10-6-3-8/h2-3,5-6,12H,1,4,7H2,(H,11,13). The number of hydrogen-bond acceptors (Lipinski definition) is 3. The van der Waals surface area contributed by atoms with E-state index in [1.807, 2.05) is 0 Å². The molecule has 13 heavy (non-hydrogen) atoms. The molecule has 0 aliphatic heterocycles. The Morgan fingerprint density at radius 2 is 2.15 bits per heavy atom. The Labute approximate surface area is 76.6 Å². The van der Waals surface area contributed by atoms with E-state index < -0.39 is 0 Å². The molecule has 0 radical (unpaired) electrons. The number of pyridine rings is 1. The molecule has 0 saturated carbocycles. The lowest BCUT2D eigenvalue weighted by molar-refractivity contribution is 0.0951. The molecule has 0 unspecified atom stereocenters. The second kappa shape index (κ2) is 5.27. The van der Waals surface area contributed by atoms with Gasteiger partial charge in [0, 0.05) is 31.1 Å². The van der Waals surface area contributed by atoms with Gasteiger partial charge in [-0.1, -0.05) is 0 Å². The van der Waals surface area contributed by atoms with Crippen molar-refractivity contribution in [3.05, 3.63) is 30.1 Å². The van der Waals surface area contributed by atoms with E-state index in [1.165, 1.54) is 0 Å². The van der Waals surface area contributed by atoms with E-state index in [0.29, 0.717) is 18.5 Å². The summed E-state index contributed by atoms with van der Waals surface area (Å²) < 4.78 is 0. The van der Waals surface area contributed by atoms with E-state index in [0.717, 1.165) is 0 Å². The summed E-state index contributed by atoms with van der Waals surface area (Å²) in [5, 5.41) is 11.2. The van der Waals surface area contributed by atoms with Crippen LogP contribution < -0.4 is 5.32 Å². The van der Waals surface area contributed by atoms with Gasteiger partial charge in [-0.3, -0.25) is 9.78 Å². The average Bonchev–Trinajstić information content (AvgIpc) is 2.19. The van der Waals surface area contributed by atoms with Gasteiger partial charge in [0.2, 0.25) is 0 Å². The lowest BCUT2D eigenvalue weighted by Crippen LogP contribution is -2.24. The van der Waals surface area contributed by atoms with Crippen LogP contribution in [0.4, 0.5) is 0 Å². The van der Waals surface area contributed by atoms with E-state index in [2.05, 4.69) is 10.3 Å². The van der Waals surface area contributed by atoms with Crippen LogP contribution >= 0.6 is 0 Å². The van der Waals surface area contributed by atoms with Gasteiger partial charge in [0.15, 0.2) is 0 Å². The number of nitrogens with one attached hydrogen (secondary N) is 1. The van der Waals surface area contributed by atoms with Crippen LogP contribution in [0.3, 0.4) is 0 Å². The number of aromatic nitrogens is 1. The number of aliphatic hydroxyl groups is 1. The van der Waals surface area contributed by atoms with Crippen LogP contribution in [0.15, 0.2) is 24.5 Å². The van der Waals surface area contributed by atoms with Crippen LogP contribution in [0.5, 0.6) is 0 Å². The molecule has 0 bridgehead atoms. The van der Waals surface area contributed by atoms with Crippen molar-refractivity contribution < 1.29 is 9.90 Å². The molecular formula is C9H12N2O2. The molecule has 0 spiro atoms. The quantitative estimate of drug-likeness (QED) is 0.650. The first-order valence-electron chi connectivity index (χ1n) is 4.13. The summed E-state index contributed by atoms with van der Waals surface area (Å²) in [6.45, 7) is 0.592. The van der Waals surface area contributed by atoms with E-state index in [-0.39, 0.29) is 12.5 Å². The zero-order chi connectivity index (χ0) is 9.52. The van der Waals surface area contributed by atoms with Crippen molar-refractivity contribution in [1.29, 1.82) is 0 Å². The summed E-state index contributed by atoms with van der Waals surface area (Å²) in [5.41, 5.74) is 0.591. The maximum Gasteiger partial charge on any atom is 0.251 e. The van der Waals surface area contributed by atoms with Gasteiger partial charge in [0.05, 0.1) is 0 Å². The van der Waals surface area contributed by atoms with Crippen LogP contribution in [0, 0.1) is 0 Å². The molecule has 1 aromatic heterocycles. The fourth-order valence-corrected chi connectivity index (χ4v) is 0.886. The molecule has 0 aromatic carbocycles. The second-order valence-electron chi connectivity index (χ2n) is 2.57. The lowest BCUT2D eigenvalue weighted by Gasteiger charge is -2.02. The first-order valence-corrected chi connectivity index (χ1v) is 4.13. The highest BCUT2D eigenvalue weighted by Gasteiger charge is 2.01. The number of nitrogens with zero attached hydrogens (tertiary/aromatic N) is 1. The smallest absolute Gasteiger partial charge is 0.251 e. The summed E-state index contributed by atoms with van der Waals surface area (Å²) in [6.07, 6.45) is 3.72. The molecule has 70 valence electrons. The van der Waals surface area contributed by atoms with Gasteiger partial charge in [-0.2, -0.15) is 0 Å². The summed E-state index contributed by atoms with van der Waals surface area (Å²) in [4.78, 5) is 15.1. The summed E-state index contributed by atoms with van der Waals surface area (Å²) in [6, 6.07) is 3.29. The molecule has 0 saturated heterocycles. The second-order valence-corrected chi connectivity index (χ2v) is 2.57. The minimum absolute atomic E-state index is 0.0939. The first kappa shape index (κ1) is 9.67.